The number of benzene rings is 2. The molecule has 0 saturated heterocycles. The van der Waals surface area contributed by atoms with E-state index in [0.29, 0.717) is 6.04 Å². The van der Waals surface area contributed by atoms with Crippen LogP contribution in [0.25, 0.3) is 22.2 Å². The molecule has 28 heavy (non-hydrogen) atoms. The Bertz CT molecular complexity index is 979. The van der Waals surface area contributed by atoms with Crippen molar-refractivity contribution < 1.29 is 4.57 Å². The number of unbranched alkanes of at least 4 members (excludes halogenated alkanes) is 1. The first-order valence-corrected chi connectivity index (χ1v) is 10.9. The van der Waals surface area contributed by atoms with Crippen LogP contribution in [0.5, 0.6) is 0 Å². The first kappa shape index (κ1) is 20.6. The van der Waals surface area contributed by atoms with E-state index in [-0.39, 0.29) is 5.41 Å². The minimum absolute atomic E-state index is 0.115. The SMILES string of the molecule is CCCC.CC[C@@H]1[n+]2c(ccc3ccccc32)-c2cc(C)cc(C)c2C1(C)C. The standard InChI is InChI=1S/C23H26N.C4H10/c1-6-21-23(4,5)22-16(3)13-15(2)14-18(22)20-12-11-17-9-7-8-10-19(17)24(20)21;1-3-4-2/h7-14,21H,6H2,1-5H3;3-4H2,1-2H3/q+1;/t21-;/m0./s1. The quantitative estimate of drug-likeness (QED) is 0.410. The molecule has 4 rings (SSSR count). The van der Waals surface area contributed by atoms with E-state index in [1.165, 1.54) is 51.7 Å². The van der Waals surface area contributed by atoms with Crippen molar-refractivity contribution in [2.24, 2.45) is 0 Å². The molecule has 0 spiro atoms. The number of aryl methyl sites for hydroxylation is 2. The molecule has 1 aliphatic rings. The lowest BCUT2D eigenvalue weighted by molar-refractivity contribution is -0.700. The molecule has 0 aliphatic carbocycles. The predicted molar refractivity (Wildman–Crippen MR) is 122 cm³/mol. The smallest absolute Gasteiger partial charge is 0.188 e. The van der Waals surface area contributed by atoms with Gasteiger partial charge in [-0.1, -0.05) is 57.4 Å². The van der Waals surface area contributed by atoms with E-state index in [9.17, 15) is 0 Å². The number of hydrogen-bond acceptors (Lipinski definition) is 0. The molecule has 1 aliphatic heterocycles. The van der Waals surface area contributed by atoms with E-state index < -0.39 is 0 Å². The Kier molecular flexibility index (Phi) is 5.93. The highest BCUT2D eigenvalue weighted by Crippen LogP contribution is 2.46. The van der Waals surface area contributed by atoms with Crippen molar-refractivity contribution in [2.75, 3.05) is 0 Å². The van der Waals surface area contributed by atoms with E-state index in [2.05, 4.69) is 102 Å². The van der Waals surface area contributed by atoms with Gasteiger partial charge in [-0.05, 0) is 57.0 Å². The van der Waals surface area contributed by atoms with Crippen LogP contribution in [0.15, 0.2) is 48.5 Å². The Morgan fingerprint density at radius 2 is 1.57 bits per heavy atom. The summed E-state index contributed by atoms with van der Waals surface area (Å²) in [6.07, 6.45) is 3.77. The number of rotatable bonds is 2. The van der Waals surface area contributed by atoms with Crippen LogP contribution >= 0.6 is 0 Å². The normalized spacial score (nSPS) is 16.8. The van der Waals surface area contributed by atoms with E-state index in [0.717, 1.165) is 6.42 Å². The number of pyridine rings is 1. The van der Waals surface area contributed by atoms with Crippen LogP contribution in [-0.2, 0) is 5.41 Å². The van der Waals surface area contributed by atoms with Gasteiger partial charge in [-0.25, -0.2) is 0 Å². The lowest BCUT2D eigenvalue weighted by atomic mass is 9.69. The maximum absolute atomic E-state index is 2.59. The minimum atomic E-state index is 0.115. The van der Waals surface area contributed by atoms with E-state index in [1.54, 1.807) is 0 Å². The fourth-order valence-corrected chi connectivity index (χ4v) is 4.99. The van der Waals surface area contributed by atoms with Crippen molar-refractivity contribution in [2.45, 2.75) is 79.2 Å². The number of hydrogen-bond donors (Lipinski definition) is 0. The molecule has 0 fully saturated rings. The van der Waals surface area contributed by atoms with E-state index in [1.807, 2.05) is 0 Å². The fourth-order valence-electron chi connectivity index (χ4n) is 4.99. The zero-order valence-corrected chi connectivity index (χ0v) is 18.8. The van der Waals surface area contributed by atoms with Crippen molar-refractivity contribution in [1.82, 2.24) is 0 Å². The number of fused-ring (bicyclic) bond motifs is 5. The Balaban J connectivity index is 0.000000516. The van der Waals surface area contributed by atoms with Gasteiger partial charge in [0.1, 0.15) is 0 Å². The Hall–Kier alpha value is -2.15. The highest BCUT2D eigenvalue weighted by atomic mass is 15.0. The van der Waals surface area contributed by atoms with Crippen molar-refractivity contribution in [1.29, 1.82) is 0 Å². The zero-order chi connectivity index (χ0) is 20.5. The molecule has 1 aromatic heterocycles. The van der Waals surface area contributed by atoms with Crippen LogP contribution in [0.1, 0.15) is 76.6 Å². The summed E-state index contributed by atoms with van der Waals surface area (Å²) in [5.41, 5.74) is 8.53. The summed E-state index contributed by atoms with van der Waals surface area (Å²) in [5.74, 6) is 0. The summed E-state index contributed by atoms with van der Waals surface area (Å²) in [6, 6.07) is 18.5. The molecular weight excluding hydrogens is 338 g/mol. The molecule has 1 atom stereocenters. The lowest BCUT2D eigenvalue weighted by Gasteiger charge is -2.38. The summed E-state index contributed by atoms with van der Waals surface area (Å²) in [5, 5.41) is 1.32. The van der Waals surface area contributed by atoms with Gasteiger partial charge in [-0.15, -0.1) is 0 Å². The largest absolute Gasteiger partial charge is 0.213 e. The van der Waals surface area contributed by atoms with Crippen LogP contribution in [0, 0.1) is 13.8 Å². The summed E-state index contributed by atoms with van der Waals surface area (Å²) < 4.78 is 2.59. The van der Waals surface area contributed by atoms with Gasteiger partial charge in [0.15, 0.2) is 6.04 Å². The lowest BCUT2D eigenvalue weighted by Crippen LogP contribution is -2.54. The van der Waals surface area contributed by atoms with Crippen molar-refractivity contribution in [3.05, 3.63) is 65.2 Å². The molecule has 148 valence electrons. The second-order valence-corrected chi connectivity index (χ2v) is 8.80. The molecule has 0 unspecified atom stereocenters. The molecule has 0 N–H and O–H groups in total. The maximum atomic E-state index is 2.59. The highest BCUT2D eigenvalue weighted by Gasteiger charge is 2.46. The highest BCUT2D eigenvalue weighted by molar-refractivity contribution is 5.79. The topological polar surface area (TPSA) is 3.88 Å². The van der Waals surface area contributed by atoms with Crippen molar-refractivity contribution >= 4 is 10.9 Å². The zero-order valence-electron chi connectivity index (χ0n) is 18.8. The van der Waals surface area contributed by atoms with Gasteiger partial charge >= 0.3 is 0 Å². The van der Waals surface area contributed by atoms with Gasteiger partial charge in [0, 0.05) is 23.9 Å². The third kappa shape index (κ3) is 3.36. The molecule has 0 amide bonds. The average molecular weight is 375 g/mol. The van der Waals surface area contributed by atoms with Gasteiger partial charge in [0.25, 0.3) is 0 Å². The van der Waals surface area contributed by atoms with E-state index in [4.69, 9.17) is 0 Å². The van der Waals surface area contributed by atoms with Crippen LogP contribution in [0.2, 0.25) is 0 Å². The number of para-hydroxylation sites is 1. The summed E-state index contributed by atoms with van der Waals surface area (Å²) in [6.45, 7) is 16.0. The van der Waals surface area contributed by atoms with Crippen LogP contribution in [-0.4, -0.2) is 0 Å². The Labute approximate surface area is 171 Å². The third-order valence-corrected chi connectivity index (χ3v) is 6.31. The fraction of sp³-hybridized carbons (Fsp3) is 0.444. The van der Waals surface area contributed by atoms with Crippen molar-refractivity contribution in [3.63, 3.8) is 0 Å². The maximum Gasteiger partial charge on any atom is 0.213 e. The molecule has 0 radical (unpaired) electrons. The van der Waals surface area contributed by atoms with E-state index >= 15 is 0 Å². The number of aromatic nitrogens is 1. The molecular formula is C27H36N+. The van der Waals surface area contributed by atoms with Gasteiger partial charge in [0.2, 0.25) is 11.2 Å². The summed E-state index contributed by atoms with van der Waals surface area (Å²) in [4.78, 5) is 0. The summed E-state index contributed by atoms with van der Waals surface area (Å²) >= 11 is 0. The van der Waals surface area contributed by atoms with Crippen LogP contribution < -0.4 is 4.57 Å². The molecule has 2 aromatic carbocycles. The predicted octanol–water partition coefficient (Wildman–Crippen LogP) is 7.46. The van der Waals surface area contributed by atoms with Crippen LogP contribution in [0.3, 0.4) is 0 Å². The van der Waals surface area contributed by atoms with Gasteiger partial charge in [-0.3, -0.25) is 0 Å². The molecule has 3 aromatic rings. The third-order valence-electron chi connectivity index (χ3n) is 6.31. The molecule has 2 heterocycles. The first-order chi connectivity index (χ1) is 13.4. The van der Waals surface area contributed by atoms with Gasteiger partial charge in [-0.2, -0.15) is 4.57 Å². The number of nitrogens with zero attached hydrogens (tertiary/aromatic N) is 1. The molecule has 0 saturated carbocycles. The van der Waals surface area contributed by atoms with Crippen molar-refractivity contribution in [3.8, 4) is 11.3 Å². The Morgan fingerprint density at radius 1 is 0.893 bits per heavy atom. The monoisotopic (exact) mass is 374 g/mol. The molecule has 0 bridgehead atoms. The van der Waals surface area contributed by atoms with Crippen LogP contribution in [0.4, 0.5) is 0 Å². The average Bonchev–Trinajstić information content (AvgIpc) is 2.67. The summed E-state index contributed by atoms with van der Waals surface area (Å²) in [7, 11) is 0. The Morgan fingerprint density at radius 3 is 2.21 bits per heavy atom. The first-order valence-electron chi connectivity index (χ1n) is 10.9. The van der Waals surface area contributed by atoms with Gasteiger partial charge in [0.05, 0.1) is 11.0 Å². The second kappa shape index (κ2) is 8.07. The molecule has 1 heteroatoms. The van der Waals surface area contributed by atoms with Gasteiger partial charge < -0.3 is 0 Å². The second-order valence-electron chi connectivity index (χ2n) is 8.80. The molecule has 1 nitrogen and oxygen atoms in total. The minimum Gasteiger partial charge on any atom is -0.188 e.